The fraction of sp³-hybridized carbons (Fsp3) is 0.438. The first-order valence-corrected chi connectivity index (χ1v) is 9.52. The number of hydrogen-bond acceptors (Lipinski definition) is 3. The van der Waals surface area contributed by atoms with Gasteiger partial charge in [0, 0.05) is 23.7 Å². The molecule has 1 fully saturated rings. The molecule has 2 unspecified atom stereocenters. The molecule has 1 aromatic rings. The lowest BCUT2D eigenvalue weighted by Crippen LogP contribution is -2.45. The van der Waals surface area contributed by atoms with Crippen molar-refractivity contribution in [2.75, 3.05) is 17.6 Å². The molecule has 3 rings (SSSR count). The SMILES string of the molecule is O=C(O)C1CCCCN1c1cccc2c1C=CC2CP(=O)(O)O. The fourth-order valence-corrected chi connectivity index (χ4v) is 4.36. The number of carbonyl (C=O) groups is 1. The average molecular weight is 337 g/mol. The second-order valence-electron chi connectivity index (χ2n) is 6.14. The average Bonchev–Trinajstić information content (AvgIpc) is 2.88. The molecular formula is C16H20NO5P. The Balaban J connectivity index is 1.95. The quantitative estimate of drug-likeness (QED) is 0.730. The van der Waals surface area contributed by atoms with Gasteiger partial charge in [-0.05, 0) is 30.9 Å². The molecular weight excluding hydrogens is 317 g/mol. The lowest BCUT2D eigenvalue weighted by atomic mass is 9.97. The Labute approximate surface area is 134 Å². The van der Waals surface area contributed by atoms with Crippen LogP contribution in [0.2, 0.25) is 0 Å². The van der Waals surface area contributed by atoms with Gasteiger partial charge in [-0.3, -0.25) is 4.57 Å². The summed E-state index contributed by atoms with van der Waals surface area (Å²) in [7, 11) is -4.10. The number of carboxylic acids is 1. The van der Waals surface area contributed by atoms with E-state index in [2.05, 4.69) is 0 Å². The predicted octanol–water partition coefficient (Wildman–Crippen LogP) is 2.42. The molecule has 0 spiro atoms. The van der Waals surface area contributed by atoms with Crippen LogP contribution >= 0.6 is 7.60 Å². The number of benzene rings is 1. The predicted molar refractivity (Wildman–Crippen MR) is 87.7 cm³/mol. The Kier molecular flexibility index (Phi) is 4.32. The maximum Gasteiger partial charge on any atom is 0.326 e. The number of carboxylic acid groups (broad SMARTS) is 1. The number of rotatable bonds is 4. The summed E-state index contributed by atoms with van der Waals surface area (Å²) in [5.74, 6) is -1.14. The van der Waals surface area contributed by atoms with Gasteiger partial charge in [-0.1, -0.05) is 24.3 Å². The number of aliphatic carboxylic acids is 1. The molecule has 0 amide bonds. The molecule has 1 aromatic carbocycles. The van der Waals surface area contributed by atoms with Gasteiger partial charge in [-0.15, -0.1) is 0 Å². The van der Waals surface area contributed by atoms with Crippen molar-refractivity contribution in [3.63, 3.8) is 0 Å². The Morgan fingerprint density at radius 2 is 2.09 bits per heavy atom. The highest BCUT2D eigenvalue weighted by atomic mass is 31.2. The molecule has 6 nitrogen and oxygen atoms in total. The highest BCUT2D eigenvalue weighted by Gasteiger charge is 2.32. The van der Waals surface area contributed by atoms with E-state index in [1.807, 2.05) is 29.2 Å². The van der Waals surface area contributed by atoms with Crippen LogP contribution in [0.4, 0.5) is 5.69 Å². The number of anilines is 1. The molecule has 1 aliphatic carbocycles. The van der Waals surface area contributed by atoms with Crippen LogP contribution in [-0.4, -0.2) is 39.6 Å². The van der Waals surface area contributed by atoms with E-state index in [1.54, 1.807) is 6.08 Å². The molecule has 0 radical (unpaired) electrons. The summed E-state index contributed by atoms with van der Waals surface area (Å²) < 4.78 is 11.3. The van der Waals surface area contributed by atoms with Gasteiger partial charge in [0.2, 0.25) is 0 Å². The maximum absolute atomic E-state index is 11.5. The normalized spacial score (nSPS) is 23.8. The fourth-order valence-electron chi connectivity index (χ4n) is 3.53. The summed E-state index contributed by atoms with van der Waals surface area (Å²) >= 11 is 0. The zero-order valence-corrected chi connectivity index (χ0v) is 13.5. The van der Waals surface area contributed by atoms with Crippen molar-refractivity contribution in [3.05, 3.63) is 35.4 Å². The van der Waals surface area contributed by atoms with Crippen LogP contribution < -0.4 is 4.90 Å². The molecule has 1 saturated heterocycles. The minimum absolute atomic E-state index is 0.220. The number of piperidine rings is 1. The van der Waals surface area contributed by atoms with Crippen molar-refractivity contribution in [2.24, 2.45) is 0 Å². The van der Waals surface area contributed by atoms with Crippen LogP contribution in [-0.2, 0) is 9.36 Å². The summed E-state index contributed by atoms with van der Waals surface area (Å²) in [6, 6.07) is 5.05. The molecule has 124 valence electrons. The van der Waals surface area contributed by atoms with Gasteiger partial charge in [0.05, 0.1) is 6.16 Å². The van der Waals surface area contributed by atoms with E-state index in [-0.39, 0.29) is 12.1 Å². The summed E-state index contributed by atoms with van der Waals surface area (Å²) in [6.45, 7) is 0.685. The van der Waals surface area contributed by atoms with Crippen molar-refractivity contribution in [3.8, 4) is 0 Å². The Morgan fingerprint density at radius 3 is 2.78 bits per heavy atom. The Hall–Kier alpha value is -1.62. The van der Waals surface area contributed by atoms with Crippen molar-refractivity contribution in [1.29, 1.82) is 0 Å². The number of allylic oxidation sites excluding steroid dienone is 1. The summed E-state index contributed by atoms with van der Waals surface area (Å²) in [4.78, 5) is 31.9. The standard InChI is InChI=1S/C16H20NO5P/c18-16(19)15-5-1-2-9-17(15)14-6-3-4-12-11(7-8-13(12)14)10-23(20,21)22/h3-4,6-8,11,15H,1-2,5,9-10H2,(H,18,19)(H2,20,21,22). The first-order valence-electron chi connectivity index (χ1n) is 7.72. The van der Waals surface area contributed by atoms with Gasteiger partial charge in [0.1, 0.15) is 6.04 Å². The monoisotopic (exact) mass is 337 g/mol. The molecule has 0 saturated carbocycles. The van der Waals surface area contributed by atoms with E-state index in [9.17, 15) is 24.3 Å². The number of fused-ring (bicyclic) bond motifs is 1. The summed E-state index contributed by atoms with van der Waals surface area (Å²) in [5, 5.41) is 9.46. The topological polar surface area (TPSA) is 98.1 Å². The largest absolute Gasteiger partial charge is 0.480 e. The second-order valence-corrected chi connectivity index (χ2v) is 7.83. The minimum Gasteiger partial charge on any atom is -0.480 e. The van der Waals surface area contributed by atoms with Crippen LogP contribution in [0.15, 0.2) is 24.3 Å². The van der Waals surface area contributed by atoms with Gasteiger partial charge in [-0.25, -0.2) is 4.79 Å². The molecule has 1 heterocycles. The molecule has 2 atom stereocenters. The van der Waals surface area contributed by atoms with Gasteiger partial charge in [0.25, 0.3) is 0 Å². The lowest BCUT2D eigenvalue weighted by Gasteiger charge is -2.36. The van der Waals surface area contributed by atoms with E-state index in [1.165, 1.54) is 0 Å². The second kappa shape index (κ2) is 6.11. The van der Waals surface area contributed by atoms with Crippen LogP contribution in [0.5, 0.6) is 0 Å². The van der Waals surface area contributed by atoms with Gasteiger partial charge in [0.15, 0.2) is 0 Å². The third kappa shape index (κ3) is 3.34. The highest BCUT2D eigenvalue weighted by molar-refractivity contribution is 7.51. The van der Waals surface area contributed by atoms with Crippen LogP contribution in [0.1, 0.15) is 36.3 Å². The first kappa shape index (κ1) is 16.2. The molecule has 0 bridgehead atoms. The Morgan fingerprint density at radius 1 is 1.30 bits per heavy atom. The zero-order chi connectivity index (χ0) is 16.6. The van der Waals surface area contributed by atoms with Crippen molar-refractivity contribution < 1.29 is 24.3 Å². The van der Waals surface area contributed by atoms with Crippen LogP contribution in [0.25, 0.3) is 6.08 Å². The zero-order valence-electron chi connectivity index (χ0n) is 12.6. The number of nitrogens with zero attached hydrogens (tertiary/aromatic N) is 1. The molecule has 2 aliphatic rings. The summed E-state index contributed by atoms with van der Waals surface area (Å²) in [5.41, 5.74) is 2.60. The van der Waals surface area contributed by atoms with E-state index in [0.717, 1.165) is 29.7 Å². The van der Waals surface area contributed by atoms with Crippen molar-refractivity contribution in [2.45, 2.75) is 31.2 Å². The maximum atomic E-state index is 11.5. The van der Waals surface area contributed by atoms with E-state index >= 15 is 0 Å². The molecule has 0 aromatic heterocycles. The Bertz CT molecular complexity index is 696. The molecule has 7 heteroatoms. The van der Waals surface area contributed by atoms with Gasteiger partial charge >= 0.3 is 13.6 Å². The van der Waals surface area contributed by atoms with Gasteiger partial charge < -0.3 is 19.8 Å². The highest BCUT2D eigenvalue weighted by Crippen LogP contribution is 2.46. The van der Waals surface area contributed by atoms with E-state index < -0.39 is 19.6 Å². The smallest absolute Gasteiger partial charge is 0.326 e. The molecule has 1 aliphatic heterocycles. The van der Waals surface area contributed by atoms with Gasteiger partial charge in [-0.2, -0.15) is 0 Å². The van der Waals surface area contributed by atoms with E-state index in [0.29, 0.717) is 13.0 Å². The van der Waals surface area contributed by atoms with Crippen molar-refractivity contribution >= 4 is 25.3 Å². The first-order chi connectivity index (χ1) is 10.9. The third-order valence-electron chi connectivity index (χ3n) is 4.54. The number of hydrogen-bond donors (Lipinski definition) is 3. The molecule has 3 N–H and O–H groups in total. The van der Waals surface area contributed by atoms with Crippen LogP contribution in [0, 0.1) is 0 Å². The summed E-state index contributed by atoms with van der Waals surface area (Å²) in [6.07, 6.45) is 5.91. The third-order valence-corrected chi connectivity index (χ3v) is 5.41. The van der Waals surface area contributed by atoms with Crippen LogP contribution in [0.3, 0.4) is 0 Å². The van der Waals surface area contributed by atoms with Crippen molar-refractivity contribution in [1.82, 2.24) is 0 Å². The molecule has 23 heavy (non-hydrogen) atoms. The lowest BCUT2D eigenvalue weighted by molar-refractivity contribution is -0.139. The minimum atomic E-state index is -4.10. The van der Waals surface area contributed by atoms with E-state index in [4.69, 9.17) is 0 Å².